The summed E-state index contributed by atoms with van der Waals surface area (Å²) in [4.78, 5) is 28.0. The van der Waals surface area contributed by atoms with E-state index < -0.39 is 22.1 Å². The molecule has 0 spiro atoms. The molecule has 0 atom stereocenters. The molecule has 0 bridgehead atoms. The van der Waals surface area contributed by atoms with Gasteiger partial charge in [0.2, 0.25) is 9.61 Å². The molecule has 1 aromatic heterocycles. The Morgan fingerprint density at radius 1 is 1.06 bits per heavy atom. The quantitative estimate of drug-likeness (QED) is 0.577. The second kappa shape index (κ2) is 10.2. The van der Waals surface area contributed by atoms with E-state index in [1.165, 1.54) is 0 Å². The molecule has 1 N–H and O–H groups in total. The fourth-order valence-corrected chi connectivity index (χ4v) is 3.21. The van der Waals surface area contributed by atoms with Crippen molar-refractivity contribution in [3.05, 3.63) is 24.3 Å². The van der Waals surface area contributed by atoms with Crippen molar-refractivity contribution in [3.63, 3.8) is 0 Å². The number of anilines is 2. The van der Waals surface area contributed by atoms with Gasteiger partial charge in [-0.25, -0.2) is 14.2 Å². The van der Waals surface area contributed by atoms with Gasteiger partial charge in [-0.05, 0) is 43.2 Å². The SMILES string of the molecule is CC(C)(C)OC(=O)N1CCN(c2ccc(-c3nonc3NC(=O)OCC(Cl)(Cl)Cl)cc2)CC1. The summed E-state index contributed by atoms with van der Waals surface area (Å²) >= 11 is 16.7. The second-order valence-electron chi connectivity index (χ2n) is 8.28. The van der Waals surface area contributed by atoms with Crippen LogP contribution in [0.1, 0.15) is 20.8 Å². The van der Waals surface area contributed by atoms with Crippen molar-refractivity contribution in [1.29, 1.82) is 0 Å². The van der Waals surface area contributed by atoms with Gasteiger partial charge in [-0.3, -0.25) is 5.32 Å². The third kappa shape index (κ3) is 7.55. The lowest BCUT2D eigenvalue weighted by Gasteiger charge is -2.36. The van der Waals surface area contributed by atoms with Gasteiger partial charge in [0.1, 0.15) is 12.2 Å². The van der Waals surface area contributed by atoms with Gasteiger partial charge in [0.15, 0.2) is 5.69 Å². The summed E-state index contributed by atoms with van der Waals surface area (Å²) in [6.07, 6.45) is -1.17. The Bertz CT molecular complexity index is 964. The number of nitrogens with zero attached hydrogens (tertiary/aromatic N) is 4. The minimum Gasteiger partial charge on any atom is -0.445 e. The predicted molar refractivity (Wildman–Crippen MR) is 125 cm³/mol. The lowest BCUT2D eigenvalue weighted by Crippen LogP contribution is -2.50. The van der Waals surface area contributed by atoms with E-state index in [0.717, 1.165) is 5.69 Å². The van der Waals surface area contributed by atoms with Crippen LogP contribution >= 0.6 is 34.8 Å². The summed E-state index contributed by atoms with van der Waals surface area (Å²) in [6.45, 7) is 7.59. The molecular formula is C20H24Cl3N5O5. The zero-order valence-corrected chi connectivity index (χ0v) is 20.6. The molecule has 33 heavy (non-hydrogen) atoms. The fraction of sp³-hybridized carbons (Fsp3) is 0.500. The number of piperazine rings is 1. The topological polar surface area (TPSA) is 110 Å². The van der Waals surface area contributed by atoms with E-state index in [4.69, 9.17) is 48.9 Å². The lowest BCUT2D eigenvalue weighted by atomic mass is 10.1. The molecular weight excluding hydrogens is 497 g/mol. The van der Waals surface area contributed by atoms with E-state index in [0.29, 0.717) is 37.4 Å². The summed E-state index contributed by atoms with van der Waals surface area (Å²) < 4.78 is 13.3. The first-order valence-corrected chi connectivity index (χ1v) is 11.2. The van der Waals surface area contributed by atoms with E-state index in [-0.39, 0.29) is 11.9 Å². The Labute approximate surface area is 206 Å². The average molecular weight is 521 g/mol. The maximum atomic E-state index is 12.2. The van der Waals surface area contributed by atoms with Gasteiger partial charge in [0.25, 0.3) is 0 Å². The van der Waals surface area contributed by atoms with Gasteiger partial charge in [-0.2, -0.15) is 0 Å². The van der Waals surface area contributed by atoms with Crippen molar-refractivity contribution in [3.8, 4) is 11.3 Å². The number of aromatic nitrogens is 2. The van der Waals surface area contributed by atoms with Crippen LogP contribution < -0.4 is 10.2 Å². The Balaban J connectivity index is 1.58. The molecule has 2 heterocycles. The number of carbonyl (C=O) groups is 2. The van der Waals surface area contributed by atoms with Gasteiger partial charge < -0.3 is 19.3 Å². The van der Waals surface area contributed by atoms with Crippen LogP contribution in [0.4, 0.5) is 21.1 Å². The molecule has 0 aliphatic carbocycles. The zero-order valence-electron chi connectivity index (χ0n) is 18.3. The summed E-state index contributed by atoms with van der Waals surface area (Å²) in [6, 6.07) is 7.48. The average Bonchev–Trinajstić information content (AvgIpc) is 3.19. The largest absolute Gasteiger partial charge is 0.445 e. The van der Waals surface area contributed by atoms with E-state index in [9.17, 15) is 9.59 Å². The molecule has 1 aromatic carbocycles. The summed E-state index contributed by atoms with van der Waals surface area (Å²) in [5.74, 6) is 0.0723. The molecule has 3 rings (SSSR count). The highest BCUT2D eigenvalue weighted by molar-refractivity contribution is 6.67. The summed E-state index contributed by atoms with van der Waals surface area (Å²) in [5.41, 5.74) is 1.45. The van der Waals surface area contributed by atoms with Crippen molar-refractivity contribution in [2.45, 2.75) is 30.2 Å². The van der Waals surface area contributed by atoms with E-state index in [1.54, 1.807) is 4.90 Å². The number of halogens is 3. The van der Waals surface area contributed by atoms with Crippen molar-refractivity contribution in [2.24, 2.45) is 0 Å². The van der Waals surface area contributed by atoms with Gasteiger partial charge in [0.05, 0.1) is 0 Å². The van der Waals surface area contributed by atoms with Gasteiger partial charge in [-0.15, -0.1) is 0 Å². The maximum Gasteiger partial charge on any atom is 0.413 e. The number of benzene rings is 1. The predicted octanol–water partition coefficient (Wildman–Crippen LogP) is 4.71. The highest BCUT2D eigenvalue weighted by Crippen LogP contribution is 2.28. The number of hydrogen-bond acceptors (Lipinski definition) is 8. The second-order valence-corrected chi connectivity index (χ2v) is 10.8. The van der Waals surface area contributed by atoms with Crippen LogP contribution in [0.15, 0.2) is 28.9 Å². The smallest absolute Gasteiger partial charge is 0.413 e. The van der Waals surface area contributed by atoms with Crippen LogP contribution in [0.3, 0.4) is 0 Å². The molecule has 1 aliphatic rings. The van der Waals surface area contributed by atoms with Gasteiger partial charge in [0, 0.05) is 37.4 Å². The zero-order chi connectivity index (χ0) is 24.2. The molecule has 0 saturated carbocycles. The van der Waals surface area contributed by atoms with Crippen LogP contribution in [-0.2, 0) is 9.47 Å². The molecule has 1 aliphatic heterocycles. The number of alkyl halides is 3. The fourth-order valence-electron chi connectivity index (χ4n) is 3.04. The monoisotopic (exact) mass is 519 g/mol. The molecule has 180 valence electrons. The van der Waals surface area contributed by atoms with Crippen LogP contribution in [0.5, 0.6) is 0 Å². The van der Waals surface area contributed by atoms with Crippen molar-refractivity contribution in [2.75, 3.05) is 43.0 Å². The van der Waals surface area contributed by atoms with Crippen molar-refractivity contribution < 1.29 is 23.7 Å². The number of carbonyl (C=O) groups excluding carboxylic acids is 2. The van der Waals surface area contributed by atoms with Gasteiger partial charge in [-0.1, -0.05) is 46.9 Å². The minimum atomic E-state index is -1.73. The van der Waals surface area contributed by atoms with E-state index >= 15 is 0 Å². The Morgan fingerprint density at radius 3 is 2.27 bits per heavy atom. The molecule has 10 nitrogen and oxygen atoms in total. The van der Waals surface area contributed by atoms with E-state index in [1.807, 2.05) is 45.0 Å². The molecule has 0 unspecified atom stereocenters. The maximum absolute atomic E-state index is 12.2. The van der Waals surface area contributed by atoms with Crippen LogP contribution in [0.25, 0.3) is 11.3 Å². The van der Waals surface area contributed by atoms with Crippen LogP contribution in [-0.4, -0.2) is 69.6 Å². The summed E-state index contributed by atoms with van der Waals surface area (Å²) in [7, 11) is 0. The highest BCUT2D eigenvalue weighted by Gasteiger charge is 2.26. The summed E-state index contributed by atoms with van der Waals surface area (Å²) in [5, 5.41) is 9.93. The van der Waals surface area contributed by atoms with Crippen molar-refractivity contribution in [1.82, 2.24) is 15.2 Å². The molecule has 2 amide bonds. The normalized spacial score (nSPS) is 14.7. The third-order valence-corrected chi connectivity index (χ3v) is 4.84. The third-order valence-electron chi connectivity index (χ3n) is 4.51. The molecule has 13 heteroatoms. The number of rotatable bonds is 4. The van der Waals surface area contributed by atoms with Crippen molar-refractivity contribution >= 4 is 58.5 Å². The van der Waals surface area contributed by atoms with Crippen LogP contribution in [0.2, 0.25) is 0 Å². The minimum absolute atomic E-state index is 0.0723. The highest BCUT2D eigenvalue weighted by atomic mass is 35.6. The van der Waals surface area contributed by atoms with Gasteiger partial charge >= 0.3 is 12.2 Å². The molecule has 2 aromatic rings. The number of amides is 2. The van der Waals surface area contributed by atoms with E-state index in [2.05, 4.69) is 20.5 Å². The first-order chi connectivity index (χ1) is 15.4. The lowest BCUT2D eigenvalue weighted by molar-refractivity contribution is 0.0240. The molecule has 1 fully saturated rings. The Kier molecular flexibility index (Phi) is 7.81. The molecule has 0 radical (unpaired) electrons. The van der Waals surface area contributed by atoms with Crippen LogP contribution in [0, 0.1) is 0 Å². The number of nitrogens with one attached hydrogen (secondary N) is 1. The Hall–Kier alpha value is -2.43. The number of hydrogen-bond donors (Lipinski definition) is 1. The standard InChI is InChI=1S/C20H24Cl3N5O5/c1-19(2,3)32-18(30)28-10-8-27(9-11-28)14-6-4-13(5-7-14)15-16(26-33-25-15)24-17(29)31-12-20(21,22)23/h4-7H,8-12H2,1-3H3,(H,24,26,29). The first-order valence-electron chi connectivity index (χ1n) is 10.1. The Morgan fingerprint density at radius 2 is 1.70 bits per heavy atom. The number of ether oxygens (including phenoxy) is 2. The molecule has 1 saturated heterocycles. The first kappa shape index (κ1) is 25.2.